The van der Waals surface area contributed by atoms with Crippen LogP contribution in [0.5, 0.6) is 0 Å². The van der Waals surface area contributed by atoms with Gasteiger partial charge in [0.1, 0.15) is 0 Å². The zero-order valence-electron chi connectivity index (χ0n) is 13.2. The van der Waals surface area contributed by atoms with Gasteiger partial charge in [0.2, 0.25) is 0 Å². The maximum Gasteiger partial charge on any atom is 0.257 e. The molecule has 3 aromatic rings. The molecule has 1 unspecified atom stereocenters. The number of carbonyl (C=O) groups is 1. The van der Waals surface area contributed by atoms with Gasteiger partial charge in [0.05, 0.1) is 36.2 Å². The Morgan fingerprint density at radius 2 is 2.04 bits per heavy atom. The van der Waals surface area contributed by atoms with Crippen molar-refractivity contribution in [3.8, 4) is 0 Å². The van der Waals surface area contributed by atoms with E-state index in [1.165, 1.54) is 0 Å². The first kappa shape index (κ1) is 14.8. The van der Waals surface area contributed by atoms with E-state index >= 15 is 0 Å². The summed E-state index contributed by atoms with van der Waals surface area (Å²) < 4.78 is 7.62. The minimum atomic E-state index is -0.0182. The van der Waals surface area contributed by atoms with Gasteiger partial charge in [-0.3, -0.25) is 9.78 Å². The molecule has 6 nitrogen and oxygen atoms in total. The van der Waals surface area contributed by atoms with Crippen molar-refractivity contribution >= 4 is 11.4 Å². The van der Waals surface area contributed by atoms with E-state index in [2.05, 4.69) is 22.2 Å². The fraction of sp³-hybridized carbons (Fsp3) is 0.278. The number of ether oxygens (including phenoxy) is 1. The Morgan fingerprint density at radius 3 is 2.92 bits per heavy atom. The minimum Gasteiger partial charge on any atom is -0.372 e. The molecule has 2 aromatic heterocycles. The number of benzene rings is 1. The zero-order chi connectivity index (χ0) is 16.4. The second kappa shape index (κ2) is 6.41. The molecule has 0 N–H and O–H groups in total. The molecule has 1 amide bonds. The van der Waals surface area contributed by atoms with Gasteiger partial charge in [0.25, 0.3) is 5.91 Å². The molecule has 1 aliphatic rings. The van der Waals surface area contributed by atoms with Crippen LogP contribution in [0.1, 0.15) is 28.4 Å². The largest absolute Gasteiger partial charge is 0.372 e. The molecule has 1 aliphatic heterocycles. The summed E-state index contributed by atoms with van der Waals surface area (Å²) >= 11 is 0. The van der Waals surface area contributed by atoms with E-state index in [9.17, 15) is 4.79 Å². The predicted octanol–water partition coefficient (Wildman–Crippen LogP) is 2.33. The summed E-state index contributed by atoms with van der Waals surface area (Å²) in [5, 5.41) is 4.22. The second-order valence-corrected chi connectivity index (χ2v) is 5.82. The summed E-state index contributed by atoms with van der Waals surface area (Å²) in [5.74, 6) is -0.0182. The monoisotopic (exact) mass is 322 g/mol. The van der Waals surface area contributed by atoms with Crippen molar-refractivity contribution in [2.45, 2.75) is 12.5 Å². The molecule has 6 heteroatoms. The lowest BCUT2D eigenvalue weighted by molar-refractivity contribution is 0.0585. The standard InChI is InChI=1S/C18H18N4O2/c23-18(15-12-20-22-9-7-19-13-16(15)22)21-8-6-17(24-11-10-21)14-4-2-1-3-5-14/h1-5,7,9,12-13,17H,6,8,10-11H2. The van der Waals surface area contributed by atoms with Crippen molar-refractivity contribution in [2.24, 2.45) is 0 Å². The summed E-state index contributed by atoms with van der Waals surface area (Å²) in [6.07, 6.45) is 7.49. The van der Waals surface area contributed by atoms with E-state index in [0.717, 1.165) is 17.5 Å². The number of amides is 1. The van der Waals surface area contributed by atoms with Gasteiger partial charge in [-0.2, -0.15) is 5.10 Å². The first-order chi connectivity index (χ1) is 11.8. The van der Waals surface area contributed by atoms with Crippen LogP contribution < -0.4 is 0 Å². The van der Waals surface area contributed by atoms with Gasteiger partial charge in [-0.25, -0.2) is 4.52 Å². The van der Waals surface area contributed by atoms with E-state index in [1.807, 2.05) is 23.1 Å². The van der Waals surface area contributed by atoms with Crippen molar-refractivity contribution in [1.29, 1.82) is 0 Å². The SMILES string of the molecule is O=C(c1cnn2ccncc12)N1CCOC(c2ccccc2)CC1. The van der Waals surface area contributed by atoms with Crippen LogP contribution in [-0.4, -0.2) is 45.1 Å². The van der Waals surface area contributed by atoms with Gasteiger partial charge in [-0.15, -0.1) is 0 Å². The maximum atomic E-state index is 12.9. The highest BCUT2D eigenvalue weighted by Gasteiger charge is 2.24. The van der Waals surface area contributed by atoms with Crippen LogP contribution in [0.4, 0.5) is 0 Å². The van der Waals surface area contributed by atoms with E-state index < -0.39 is 0 Å². The quantitative estimate of drug-likeness (QED) is 0.726. The van der Waals surface area contributed by atoms with Crippen LogP contribution in [0, 0.1) is 0 Å². The highest BCUT2D eigenvalue weighted by Crippen LogP contribution is 2.24. The van der Waals surface area contributed by atoms with Crippen LogP contribution in [0.2, 0.25) is 0 Å². The third-order valence-electron chi connectivity index (χ3n) is 4.36. The van der Waals surface area contributed by atoms with Crippen LogP contribution in [0.25, 0.3) is 5.52 Å². The van der Waals surface area contributed by atoms with Crippen molar-refractivity contribution in [1.82, 2.24) is 19.5 Å². The summed E-state index contributed by atoms with van der Waals surface area (Å²) in [4.78, 5) is 18.8. The number of nitrogens with zero attached hydrogens (tertiary/aromatic N) is 4. The molecule has 0 bridgehead atoms. The topological polar surface area (TPSA) is 59.7 Å². The second-order valence-electron chi connectivity index (χ2n) is 5.82. The Bertz CT molecular complexity index is 846. The first-order valence-corrected chi connectivity index (χ1v) is 8.06. The molecule has 122 valence electrons. The third kappa shape index (κ3) is 2.76. The average Bonchev–Trinajstić information content (AvgIpc) is 2.91. The number of fused-ring (bicyclic) bond motifs is 1. The van der Waals surface area contributed by atoms with E-state index in [0.29, 0.717) is 25.3 Å². The number of hydrogen-bond acceptors (Lipinski definition) is 4. The Hall–Kier alpha value is -2.73. The van der Waals surface area contributed by atoms with Crippen molar-refractivity contribution < 1.29 is 9.53 Å². The third-order valence-corrected chi connectivity index (χ3v) is 4.36. The van der Waals surface area contributed by atoms with E-state index in [-0.39, 0.29) is 12.0 Å². The lowest BCUT2D eigenvalue weighted by Gasteiger charge is -2.19. The Kier molecular flexibility index (Phi) is 3.96. The summed E-state index contributed by atoms with van der Waals surface area (Å²) in [6.45, 7) is 1.78. The molecule has 4 rings (SSSR count). The Morgan fingerprint density at radius 1 is 1.17 bits per heavy atom. The van der Waals surface area contributed by atoms with Crippen LogP contribution in [-0.2, 0) is 4.74 Å². The maximum absolute atomic E-state index is 12.9. The normalized spacial score (nSPS) is 18.5. The molecule has 1 fully saturated rings. The van der Waals surface area contributed by atoms with Crippen molar-refractivity contribution in [3.63, 3.8) is 0 Å². The van der Waals surface area contributed by atoms with Gasteiger partial charge >= 0.3 is 0 Å². The number of rotatable bonds is 2. The van der Waals surface area contributed by atoms with Gasteiger partial charge in [-0.1, -0.05) is 30.3 Å². The van der Waals surface area contributed by atoms with E-state index in [4.69, 9.17) is 4.74 Å². The smallest absolute Gasteiger partial charge is 0.257 e. The van der Waals surface area contributed by atoms with Crippen molar-refractivity contribution in [3.05, 3.63) is 66.2 Å². The molecule has 0 radical (unpaired) electrons. The molecule has 0 saturated carbocycles. The average molecular weight is 322 g/mol. The lowest BCUT2D eigenvalue weighted by atomic mass is 10.1. The molecule has 24 heavy (non-hydrogen) atoms. The zero-order valence-corrected chi connectivity index (χ0v) is 13.2. The fourth-order valence-electron chi connectivity index (χ4n) is 3.08. The summed E-state index contributed by atoms with van der Waals surface area (Å²) in [6, 6.07) is 10.2. The molecule has 1 aromatic carbocycles. The Labute approximate surface area is 139 Å². The van der Waals surface area contributed by atoms with Gasteiger partial charge in [-0.05, 0) is 12.0 Å². The van der Waals surface area contributed by atoms with Gasteiger partial charge in [0, 0.05) is 25.5 Å². The fourth-order valence-corrected chi connectivity index (χ4v) is 3.08. The molecule has 1 atom stereocenters. The molecule has 0 aliphatic carbocycles. The first-order valence-electron chi connectivity index (χ1n) is 8.06. The number of carbonyl (C=O) groups excluding carboxylic acids is 1. The summed E-state index contributed by atoms with van der Waals surface area (Å²) in [5.41, 5.74) is 2.47. The van der Waals surface area contributed by atoms with Gasteiger partial charge < -0.3 is 9.64 Å². The highest BCUT2D eigenvalue weighted by atomic mass is 16.5. The highest BCUT2D eigenvalue weighted by molar-refractivity contribution is 6.00. The Balaban J connectivity index is 1.52. The number of aromatic nitrogens is 3. The van der Waals surface area contributed by atoms with Crippen LogP contribution in [0.15, 0.2) is 55.1 Å². The van der Waals surface area contributed by atoms with E-state index in [1.54, 1.807) is 29.3 Å². The predicted molar refractivity (Wildman–Crippen MR) is 88.6 cm³/mol. The van der Waals surface area contributed by atoms with Crippen molar-refractivity contribution in [2.75, 3.05) is 19.7 Å². The molecular formula is C18H18N4O2. The number of hydrogen-bond donors (Lipinski definition) is 0. The van der Waals surface area contributed by atoms with Crippen LogP contribution >= 0.6 is 0 Å². The molecular weight excluding hydrogens is 304 g/mol. The molecule has 1 saturated heterocycles. The molecule has 0 spiro atoms. The lowest BCUT2D eigenvalue weighted by Crippen LogP contribution is -2.33. The van der Waals surface area contributed by atoms with Crippen LogP contribution in [0.3, 0.4) is 0 Å². The van der Waals surface area contributed by atoms with Gasteiger partial charge in [0.15, 0.2) is 0 Å². The molecule has 3 heterocycles. The minimum absolute atomic E-state index is 0.0182. The summed E-state index contributed by atoms with van der Waals surface area (Å²) in [7, 11) is 0.